The predicted molar refractivity (Wildman–Crippen MR) is 78.0 cm³/mol. The summed E-state index contributed by atoms with van der Waals surface area (Å²) < 4.78 is 0. The van der Waals surface area contributed by atoms with E-state index in [-0.39, 0.29) is 11.9 Å². The van der Waals surface area contributed by atoms with Gasteiger partial charge in [-0.3, -0.25) is 9.78 Å². The van der Waals surface area contributed by atoms with Crippen LogP contribution < -0.4 is 0 Å². The van der Waals surface area contributed by atoms with Gasteiger partial charge in [-0.25, -0.2) is 4.79 Å². The van der Waals surface area contributed by atoms with Crippen LogP contribution in [-0.2, 0) is 4.79 Å². The lowest BCUT2D eigenvalue weighted by atomic mass is 10.1. The van der Waals surface area contributed by atoms with E-state index in [1.165, 1.54) is 4.90 Å². The number of amides is 1. The summed E-state index contributed by atoms with van der Waals surface area (Å²) in [5.41, 5.74) is 1.08. The molecule has 5 heteroatoms. The molecule has 1 saturated carbocycles. The summed E-state index contributed by atoms with van der Waals surface area (Å²) in [7, 11) is 0. The smallest absolute Gasteiger partial charge is 0.326 e. The third-order valence-corrected chi connectivity index (χ3v) is 3.81. The third-order valence-electron chi connectivity index (χ3n) is 3.81. The van der Waals surface area contributed by atoms with Crippen LogP contribution in [0.5, 0.6) is 0 Å². The maximum atomic E-state index is 12.8. The number of para-hydroxylation sites is 1. The van der Waals surface area contributed by atoms with E-state index in [0.717, 1.165) is 18.2 Å². The highest BCUT2D eigenvalue weighted by Gasteiger charge is 2.39. The van der Waals surface area contributed by atoms with Crippen molar-refractivity contribution in [3.8, 4) is 0 Å². The molecule has 1 unspecified atom stereocenters. The summed E-state index contributed by atoms with van der Waals surface area (Å²) in [4.78, 5) is 29.8. The first-order valence-corrected chi connectivity index (χ1v) is 6.99. The lowest BCUT2D eigenvalue weighted by molar-refractivity contribution is -0.141. The van der Waals surface area contributed by atoms with Crippen LogP contribution in [-0.4, -0.2) is 39.0 Å². The molecule has 3 rings (SSSR count). The van der Waals surface area contributed by atoms with Gasteiger partial charge in [-0.15, -0.1) is 0 Å². The van der Waals surface area contributed by atoms with E-state index in [1.54, 1.807) is 25.3 Å². The quantitative estimate of drug-likeness (QED) is 0.935. The molecule has 0 aliphatic heterocycles. The van der Waals surface area contributed by atoms with E-state index < -0.39 is 12.0 Å². The minimum Gasteiger partial charge on any atom is -0.480 e. The first kappa shape index (κ1) is 13.5. The molecule has 108 valence electrons. The summed E-state index contributed by atoms with van der Waals surface area (Å²) in [6, 6.07) is 8.30. The Bertz CT molecular complexity index is 704. The van der Waals surface area contributed by atoms with Crippen molar-refractivity contribution in [1.82, 2.24) is 9.88 Å². The Balaban J connectivity index is 2.04. The number of hydrogen-bond donors (Lipinski definition) is 1. The number of hydrogen-bond acceptors (Lipinski definition) is 3. The van der Waals surface area contributed by atoms with Crippen molar-refractivity contribution in [2.45, 2.75) is 31.8 Å². The van der Waals surface area contributed by atoms with Gasteiger partial charge in [0.1, 0.15) is 6.04 Å². The molecule has 1 atom stereocenters. The van der Waals surface area contributed by atoms with Gasteiger partial charge in [0.05, 0.1) is 11.1 Å². The van der Waals surface area contributed by atoms with Gasteiger partial charge in [0.15, 0.2) is 0 Å². The lowest BCUT2D eigenvalue weighted by Crippen LogP contribution is -2.44. The number of pyridine rings is 1. The number of carbonyl (C=O) groups is 2. The zero-order chi connectivity index (χ0) is 15.0. The van der Waals surface area contributed by atoms with Crippen molar-refractivity contribution in [2.75, 3.05) is 0 Å². The molecule has 1 aliphatic rings. The van der Waals surface area contributed by atoms with Gasteiger partial charge in [0, 0.05) is 17.6 Å². The SMILES string of the molecule is CC(C(=O)O)N(C(=O)c1cccc2cccnc12)C1CC1. The summed E-state index contributed by atoms with van der Waals surface area (Å²) in [6.45, 7) is 1.55. The Kier molecular flexibility index (Phi) is 3.33. The molecule has 0 saturated heterocycles. The molecule has 1 aromatic heterocycles. The van der Waals surface area contributed by atoms with Crippen molar-refractivity contribution < 1.29 is 14.7 Å². The Morgan fingerprint density at radius 2 is 2.00 bits per heavy atom. The van der Waals surface area contributed by atoms with Gasteiger partial charge >= 0.3 is 5.97 Å². The van der Waals surface area contributed by atoms with Crippen molar-refractivity contribution >= 4 is 22.8 Å². The summed E-state index contributed by atoms with van der Waals surface area (Å²) >= 11 is 0. The van der Waals surface area contributed by atoms with E-state index in [9.17, 15) is 14.7 Å². The van der Waals surface area contributed by atoms with Gasteiger partial charge in [-0.1, -0.05) is 18.2 Å². The molecule has 0 spiro atoms. The van der Waals surface area contributed by atoms with E-state index >= 15 is 0 Å². The molecule has 0 radical (unpaired) electrons. The molecule has 2 aromatic rings. The van der Waals surface area contributed by atoms with Gasteiger partial charge in [0.2, 0.25) is 0 Å². The molecule has 0 bridgehead atoms. The number of benzene rings is 1. The summed E-state index contributed by atoms with van der Waals surface area (Å²) in [6.07, 6.45) is 3.37. The average molecular weight is 284 g/mol. The second kappa shape index (κ2) is 5.16. The van der Waals surface area contributed by atoms with Gasteiger partial charge in [0.25, 0.3) is 5.91 Å². The summed E-state index contributed by atoms with van der Waals surface area (Å²) in [5.74, 6) is -1.24. The Hall–Kier alpha value is -2.43. The number of aliphatic carboxylic acids is 1. The fourth-order valence-corrected chi connectivity index (χ4v) is 2.55. The second-order valence-corrected chi connectivity index (χ2v) is 5.34. The first-order valence-electron chi connectivity index (χ1n) is 6.99. The van der Waals surface area contributed by atoms with Crippen molar-refractivity contribution in [1.29, 1.82) is 0 Å². The number of aromatic nitrogens is 1. The monoisotopic (exact) mass is 284 g/mol. The van der Waals surface area contributed by atoms with Crippen LogP contribution in [0.3, 0.4) is 0 Å². The minimum absolute atomic E-state index is 0.0302. The number of fused-ring (bicyclic) bond motifs is 1. The molecule has 5 nitrogen and oxygen atoms in total. The molecule has 1 fully saturated rings. The zero-order valence-corrected chi connectivity index (χ0v) is 11.7. The number of rotatable bonds is 4. The molecule has 1 N–H and O–H groups in total. The number of nitrogens with zero attached hydrogens (tertiary/aromatic N) is 2. The number of carboxylic acids is 1. The van der Waals surface area contributed by atoms with E-state index in [2.05, 4.69) is 4.98 Å². The van der Waals surface area contributed by atoms with Crippen LogP contribution in [0, 0.1) is 0 Å². The molecule has 1 amide bonds. The molecule has 21 heavy (non-hydrogen) atoms. The maximum absolute atomic E-state index is 12.8. The van der Waals surface area contributed by atoms with Crippen molar-refractivity contribution in [2.24, 2.45) is 0 Å². The fourth-order valence-electron chi connectivity index (χ4n) is 2.55. The maximum Gasteiger partial charge on any atom is 0.326 e. The first-order chi connectivity index (χ1) is 10.1. The van der Waals surface area contributed by atoms with E-state index in [0.29, 0.717) is 11.1 Å². The standard InChI is InChI=1S/C16H16N2O3/c1-10(16(20)21)18(12-7-8-12)15(19)13-6-2-4-11-5-3-9-17-14(11)13/h2-6,9-10,12H,7-8H2,1H3,(H,20,21). The molecular weight excluding hydrogens is 268 g/mol. The number of carbonyl (C=O) groups excluding carboxylic acids is 1. The normalized spacial score (nSPS) is 15.7. The zero-order valence-electron chi connectivity index (χ0n) is 11.7. The minimum atomic E-state index is -0.983. The van der Waals surface area contributed by atoms with Crippen LogP contribution in [0.4, 0.5) is 0 Å². The fraction of sp³-hybridized carbons (Fsp3) is 0.312. The second-order valence-electron chi connectivity index (χ2n) is 5.34. The lowest BCUT2D eigenvalue weighted by Gasteiger charge is -2.26. The molecular formula is C16H16N2O3. The highest BCUT2D eigenvalue weighted by atomic mass is 16.4. The third kappa shape index (κ3) is 2.46. The molecule has 1 heterocycles. The van der Waals surface area contributed by atoms with Crippen molar-refractivity contribution in [3.63, 3.8) is 0 Å². The topological polar surface area (TPSA) is 70.5 Å². The average Bonchev–Trinajstić information content (AvgIpc) is 3.31. The highest BCUT2D eigenvalue weighted by Crippen LogP contribution is 2.31. The summed E-state index contributed by atoms with van der Waals surface area (Å²) in [5, 5.41) is 10.1. The van der Waals surface area contributed by atoms with Crippen LogP contribution in [0.25, 0.3) is 10.9 Å². The van der Waals surface area contributed by atoms with Crippen LogP contribution in [0.15, 0.2) is 36.5 Å². The predicted octanol–water partition coefficient (Wildman–Crippen LogP) is 2.31. The largest absolute Gasteiger partial charge is 0.480 e. The molecule has 1 aliphatic carbocycles. The number of carboxylic acid groups (broad SMARTS) is 1. The Labute approximate surface area is 122 Å². The Morgan fingerprint density at radius 3 is 2.67 bits per heavy atom. The Morgan fingerprint density at radius 1 is 1.29 bits per heavy atom. The molecule has 1 aromatic carbocycles. The van der Waals surface area contributed by atoms with Crippen LogP contribution in [0.2, 0.25) is 0 Å². The van der Waals surface area contributed by atoms with Gasteiger partial charge in [-0.2, -0.15) is 0 Å². The van der Waals surface area contributed by atoms with Gasteiger partial charge < -0.3 is 10.0 Å². The highest BCUT2D eigenvalue weighted by molar-refractivity contribution is 6.06. The van der Waals surface area contributed by atoms with Crippen LogP contribution in [0.1, 0.15) is 30.1 Å². The van der Waals surface area contributed by atoms with Crippen molar-refractivity contribution in [3.05, 3.63) is 42.1 Å². The van der Waals surface area contributed by atoms with Crippen LogP contribution >= 0.6 is 0 Å². The van der Waals surface area contributed by atoms with E-state index in [4.69, 9.17) is 0 Å². The van der Waals surface area contributed by atoms with Gasteiger partial charge in [-0.05, 0) is 31.9 Å². The van der Waals surface area contributed by atoms with E-state index in [1.807, 2.05) is 18.2 Å².